The molecule has 2 heteroatoms. The third-order valence-electron chi connectivity index (χ3n) is 1.93. The molecule has 2 nitrogen and oxygen atoms in total. The first-order valence-electron chi connectivity index (χ1n) is 4.85. The van der Waals surface area contributed by atoms with E-state index in [1.54, 1.807) is 0 Å². The number of aliphatic imine (C=N–C) groups is 1. The van der Waals surface area contributed by atoms with Gasteiger partial charge >= 0.3 is 0 Å². The van der Waals surface area contributed by atoms with Gasteiger partial charge in [0.05, 0.1) is 5.84 Å². The van der Waals surface area contributed by atoms with Crippen molar-refractivity contribution in [2.75, 3.05) is 13.1 Å². The van der Waals surface area contributed by atoms with Gasteiger partial charge in [0.25, 0.3) is 0 Å². The Morgan fingerprint density at radius 1 is 1.33 bits per heavy atom. The van der Waals surface area contributed by atoms with Crippen LogP contribution >= 0.6 is 0 Å². The highest BCUT2D eigenvalue weighted by Gasteiger charge is 2.18. The van der Waals surface area contributed by atoms with Crippen molar-refractivity contribution in [1.82, 2.24) is 5.32 Å². The predicted molar refractivity (Wildman–Crippen MR) is 55.7 cm³/mol. The molecule has 0 amide bonds. The Morgan fingerprint density at radius 2 is 1.92 bits per heavy atom. The minimum atomic E-state index is 0.394. The van der Waals surface area contributed by atoms with Gasteiger partial charge in [-0.25, -0.2) is 0 Å². The molecule has 12 heavy (non-hydrogen) atoms. The Bertz CT molecular complexity index is 148. The molecule has 72 valence electrons. The zero-order valence-electron chi connectivity index (χ0n) is 9.07. The molecule has 0 fully saturated rings. The molecule has 1 aliphatic heterocycles. The maximum atomic E-state index is 4.38. The van der Waals surface area contributed by atoms with E-state index < -0.39 is 0 Å². The van der Waals surface area contributed by atoms with Gasteiger partial charge in [0.1, 0.15) is 0 Å². The molecule has 0 aromatic carbocycles. The van der Waals surface area contributed by atoms with Crippen LogP contribution in [-0.2, 0) is 0 Å². The van der Waals surface area contributed by atoms with Crippen molar-refractivity contribution in [2.45, 2.75) is 41.0 Å². The molecular formula is C10H22N2. The molecular weight excluding hydrogens is 148 g/mol. The second kappa shape index (κ2) is 5.18. The lowest BCUT2D eigenvalue weighted by Gasteiger charge is -2.18. The fourth-order valence-corrected chi connectivity index (χ4v) is 1.05. The predicted octanol–water partition coefficient (Wildman–Crippen LogP) is 2.45. The molecule has 0 spiro atoms. The summed E-state index contributed by atoms with van der Waals surface area (Å²) in [6.45, 7) is 12.6. The van der Waals surface area contributed by atoms with Gasteiger partial charge in [0, 0.05) is 13.1 Å². The van der Waals surface area contributed by atoms with Gasteiger partial charge in [-0.15, -0.1) is 0 Å². The third-order valence-corrected chi connectivity index (χ3v) is 1.93. The minimum absolute atomic E-state index is 0.394. The van der Waals surface area contributed by atoms with E-state index in [1.807, 2.05) is 20.8 Å². The van der Waals surface area contributed by atoms with E-state index in [4.69, 9.17) is 0 Å². The maximum Gasteiger partial charge on any atom is 0.0931 e. The average molecular weight is 170 g/mol. The van der Waals surface area contributed by atoms with Crippen molar-refractivity contribution >= 4 is 5.84 Å². The van der Waals surface area contributed by atoms with E-state index >= 15 is 0 Å². The van der Waals surface area contributed by atoms with E-state index in [0.29, 0.717) is 5.41 Å². The molecule has 0 atom stereocenters. The normalized spacial score (nSPS) is 20.9. The highest BCUT2D eigenvalue weighted by atomic mass is 15.0. The van der Waals surface area contributed by atoms with Gasteiger partial charge in [-0.05, 0) is 18.8 Å². The smallest absolute Gasteiger partial charge is 0.0931 e. The first-order chi connectivity index (χ1) is 5.60. The molecule has 1 aliphatic rings. The van der Waals surface area contributed by atoms with Crippen LogP contribution in [0.5, 0.6) is 0 Å². The fraction of sp³-hybridized carbons (Fsp3) is 0.900. The standard InChI is InChI=1S/C8H16N2.C2H6/c1-7-9-5-4-8(2,3)6-10-7;1-2/h4-6H2,1-3H3,(H,9,10);1-2H3. The van der Waals surface area contributed by atoms with Crippen molar-refractivity contribution < 1.29 is 0 Å². The van der Waals surface area contributed by atoms with E-state index in [1.165, 1.54) is 6.42 Å². The van der Waals surface area contributed by atoms with Crippen LogP contribution in [0.2, 0.25) is 0 Å². The fourth-order valence-electron chi connectivity index (χ4n) is 1.05. The van der Waals surface area contributed by atoms with Crippen LogP contribution < -0.4 is 5.32 Å². The van der Waals surface area contributed by atoms with Crippen LogP contribution in [0.15, 0.2) is 4.99 Å². The van der Waals surface area contributed by atoms with E-state index in [0.717, 1.165) is 18.9 Å². The summed E-state index contributed by atoms with van der Waals surface area (Å²) in [6.07, 6.45) is 1.22. The number of hydrogen-bond acceptors (Lipinski definition) is 2. The second-order valence-corrected chi connectivity index (χ2v) is 3.74. The quantitative estimate of drug-likeness (QED) is 0.593. The molecule has 1 N–H and O–H groups in total. The van der Waals surface area contributed by atoms with Crippen molar-refractivity contribution in [3.05, 3.63) is 0 Å². The second-order valence-electron chi connectivity index (χ2n) is 3.74. The summed E-state index contributed by atoms with van der Waals surface area (Å²) in [4.78, 5) is 4.38. The first kappa shape index (κ1) is 11.5. The first-order valence-corrected chi connectivity index (χ1v) is 4.85. The SMILES string of the molecule is CC.CC1=NCC(C)(C)CCN1. The van der Waals surface area contributed by atoms with Crippen LogP contribution in [0.25, 0.3) is 0 Å². The van der Waals surface area contributed by atoms with Crippen LogP contribution in [0.4, 0.5) is 0 Å². The molecule has 0 aromatic heterocycles. The number of nitrogens with zero attached hydrogens (tertiary/aromatic N) is 1. The maximum absolute atomic E-state index is 4.38. The lowest BCUT2D eigenvalue weighted by atomic mass is 9.90. The molecule has 0 unspecified atom stereocenters. The van der Waals surface area contributed by atoms with Gasteiger partial charge in [0.15, 0.2) is 0 Å². The summed E-state index contributed by atoms with van der Waals surface area (Å²) in [5.41, 5.74) is 0.394. The van der Waals surface area contributed by atoms with Crippen LogP contribution in [0.3, 0.4) is 0 Å². The molecule has 0 saturated heterocycles. The Hall–Kier alpha value is -0.530. The average Bonchev–Trinajstić information content (AvgIpc) is 2.17. The number of amidine groups is 1. The Labute approximate surface area is 76.5 Å². The van der Waals surface area contributed by atoms with Crippen LogP contribution in [0.1, 0.15) is 41.0 Å². The van der Waals surface area contributed by atoms with E-state index in [2.05, 4.69) is 24.2 Å². The summed E-state index contributed by atoms with van der Waals surface area (Å²) < 4.78 is 0. The Kier molecular flexibility index (Phi) is 4.95. The highest BCUT2D eigenvalue weighted by Crippen LogP contribution is 2.20. The van der Waals surface area contributed by atoms with Crippen molar-refractivity contribution in [1.29, 1.82) is 0 Å². The zero-order valence-corrected chi connectivity index (χ0v) is 9.07. The number of rotatable bonds is 0. The molecule has 0 aliphatic carbocycles. The number of nitrogens with one attached hydrogen (secondary N) is 1. The summed E-state index contributed by atoms with van der Waals surface area (Å²) in [6, 6.07) is 0. The monoisotopic (exact) mass is 170 g/mol. The molecule has 0 bridgehead atoms. The van der Waals surface area contributed by atoms with Gasteiger partial charge in [-0.2, -0.15) is 0 Å². The lowest BCUT2D eigenvalue weighted by molar-refractivity contribution is 0.357. The minimum Gasteiger partial charge on any atom is -0.374 e. The lowest BCUT2D eigenvalue weighted by Crippen LogP contribution is -2.22. The van der Waals surface area contributed by atoms with Gasteiger partial charge in [-0.3, -0.25) is 4.99 Å². The van der Waals surface area contributed by atoms with Crippen molar-refractivity contribution in [3.8, 4) is 0 Å². The summed E-state index contributed by atoms with van der Waals surface area (Å²) in [5, 5.41) is 3.25. The zero-order chi connectivity index (χ0) is 9.61. The largest absolute Gasteiger partial charge is 0.374 e. The molecule has 1 heterocycles. The van der Waals surface area contributed by atoms with Crippen LogP contribution in [0, 0.1) is 5.41 Å². The summed E-state index contributed by atoms with van der Waals surface area (Å²) >= 11 is 0. The van der Waals surface area contributed by atoms with E-state index in [9.17, 15) is 0 Å². The van der Waals surface area contributed by atoms with Gasteiger partial charge in [0.2, 0.25) is 0 Å². The van der Waals surface area contributed by atoms with Crippen LogP contribution in [-0.4, -0.2) is 18.9 Å². The highest BCUT2D eigenvalue weighted by molar-refractivity contribution is 5.79. The Morgan fingerprint density at radius 3 is 2.50 bits per heavy atom. The number of hydrogen-bond donors (Lipinski definition) is 1. The molecule has 1 rings (SSSR count). The van der Waals surface area contributed by atoms with Crippen molar-refractivity contribution in [3.63, 3.8) is 0 Å². The molecule has 0 radical (unpaired) electrons. The Balaban J connectivity index is 0.000000561. The summed E-state index contributed by atoms with van der Waals surface area (Å²) in [5.74, 6) is 1.09. The van der Waals surface area contributed by atoms with Gasteiger partial charge < -0.3 is 5.32 Å². The summed E-state index contributed by atoms with van der Waals surface area (Å²) in [7, 11) is 0. The molecule has 0 saturated carbocycles. The molecule has 0 aromatic rings. The van der Waals surface area contributed by atoms with Gasteiger partial charge in [-0.1, -0.05) is 27.7 Å². The van der Waals surface area contributed by atoms with E-state index in [-0.39, 0.29) is 0 Å². The third kappa shape index (κ3) is 4.37. The topological polar surface area (TPSA) is 24.4 Å². The van der Waals surface area contributed by atoms with Crippen molar-refractivity contribution in [2.24, 2.45) is 10.4 Å².